The zero-order valence-electron chi connectivity index (χ0n) is 14.6. The number of hydrogen-bond acceptors (Lipinski definition) is 3. The third-order valence-corrected chi connectivity index (χ3v) is 5.08. The highest BCUT2D eigenvalue weighted by Crippen LogP contribution is 2.28. The van der Waals surface area contributed by atoms with Crippen molar-refractivity contribution < 1.29 is 4.74 Å². The first kappa shape index (κ1) is 18.5. The van der Waals surface area contributed by atoms with Crippen molar-refractivity contribution in [2.75, 3.05) is 6.61 Å². The summed E-state index contributed by atoms with van der Waals surface area (Å²) in [5, 5.41) is 2.10. The molecule has 0 atom stereocenters. The number of imidazole rings is 1. The van der Waals surface area contributed by atoms with E-state index in [1.807, 2.05) is 18.2 Å². The van der Waals surface area contributed by atoms with Crippen LogP contribution in [0.5, 0.6) is 5.75 Å². The van der Waals surface area contributed by atoms with Gasteiger partial charge in [0.25, 0.3) is 0 Å². The number of aromatic nitrogens is 2. The predicted molar refractivity (Wildman–Crippen MR) is 112 cm³/mol. The van der Waals surface area contributed by atoms with Crippen LogP contribution in [-0.4, -0.2) is 16.2 Å². The molecule has 4 rings (SSSR count). The number of para-hydroxylation sites is 2. The molecule has 0 unspecified atom stereocenters. The summed E-state index contributed by atoms with van der Waals surface area (Å²) < 4.78 is 8.18. The number of nitrogens with zero attached hydrogens (tertiary/aromatic N) is 2. The van der Waals surface area contributed by atoms with Crippen molar-refractivity contribution in [1.29, 1.82) is 0 Å². The minimum atomic E-state index is 0. The second-order valence-corrected chi connectivity index (χ2v) is 7.02. The molecule has 4 aromatic rings. The summed E-state index contributed by atoms with van der Waals surface area (Å²) in [6.45, 7) is 3.67. The number of halogens is 1. The van der Waals surface area contributed by atoms with Gasteiger partial charge in [-0.3, -0.25) is 0 Å². The highest BCUT2D eigenvalue weighted by Gasteiger charge is 2.12. The van der Waals surface area contributed by atoms with E-state index in [4.69, 9.17) is 9.72 Å². The van der Waals surface area contributed by atoms with Crippen LogP contribution in [0.4, 0.5) is 0 Å². The van der Waals surface area contributed by atoms with Crippen LogP contribution in [0.15, 0.2) is 66.0 Å². The van der Waals surface area contributed by atoms with E-state index in [1.165, 1.54) is 16.0 Å². The van der Waals surface area contributed by atoms with Gasteiger partial charge in [-0.25, -0.2) is 4.98 Å². The molecule has 2 aromatic heterocycles. The molecule has 2 aromatic carbocycles. The van der Waals surface area contributed by atoms with E-state index in [1.54, 1.807) is 11.3 Å². The fraction of sp³-hybridized carbons (Fsp3) is 0.190. The summed E-state index contributed by atoms with van der Waals surface area (Å²) in [6.07, 6.45) is 0.937. The molecule has 0 saturated carbocycles. The molecule has 0 aliphatic carbocycles. The Hall–Kier alpha value is -2.30. The molecule has 0 spiro atoms. The Morgan fingerprint density at radius 3 is 2.58 bits per heavy atom. The number of ether oxygens (including phenoxy) is 1. The largest absolute Gasteiger partial charge is 0.494 e. The van der Waals surface area contributed by atoms with Gasteiger partial charge in [-0.15, -0.1) is 23.7 Å². The molecule has 0 radical (unpaired) electrons. The van der Waals surface area contributed by atoms with Gasteiger partial charge in [0.05, 0.1) is 22.5 Å². The summed E-state index contributed by atoms with van der Waals surface area (Å²) in [5.41, 5.74) is 3.48. The Bertz CT molecular complexity index is 962. The number of aryl methyl sites for hydroxylation is 2. The summed E-state index contributed by atoms with van der Waals surface area (Å²) in [7, 11) is 0. The van der Waals surface area contributed by atoms with Gasteiger partial charge in [-0.1, -0.05) is 35.9 Å². The molecule has 134 valence electrons. The summed E-state index contributed by atoms with van der Waals surface area (Å²) in [4.78, 5) is 6.04. The van der Waals surface area contributed by atoms with E-state index in [9.17, 15) is 0 Å². The van der Waals surface area contributed by atoms with Crippen LogP contribution in [0, 0.1) is 6.92 Å². The van der Waals surface area contributed by atoms with Crippen molar-refractivity contribution in [3.63, 3.8) is 0 Å². The highest BCUT2D eigenvalue weighted by molar-refractivity contribution is 7.13. The number of benzene rings is 2. The molecule has 5 heteroatoms. The van der Waals surface area contributed by atoms with E-state index >= 15 is 0 Å². The molecule has 0 aliphatic heterocycles. The Labute approximate surface area is 163 Å². The highest BCUT2D eigenvalue weighted by atomic mass is 35.5. The fourth-order valence-electron chi connectivity index (χ4n) is 2.94. The smallest absolute Gasteiger partial charge is 0.151 e. The van der Waals surface area contributed by atoms with E-state index in [-0.39, 0.29) is 12.4 Å². The molecule has 2 heterocycles. The third kappa shape index (κ3) is 3.92. The van der Waals surface area contributed by atoms with Crippen LogP contribution < -0.4 is 4.74 Å². The Balaban J connectivity index is 0.00000196. The van der Waals surface area contributed by atoms with Crippen LogP contribution in [-0.2, 0) is 6.54 Å². The van der Waals surface area contributed by atoms with Crippen LogP contribution in [0.3, 0.4) is 0 Å². The van der Waals surface area contributed by atoms with Crippen molar-refractivity contribution in [3.05, 3.63) is 71.6 Å². The van der Waals surface area contributed by atoms with Gasteiger partial charge >= 0.3 is 0 Å². The van der Waals surface area contributed by atoms with Gasteiger partial charge in [-0.2, -0.15) is 0 Å². The van der Waals surface area contributed by atoms with Gasteiger partial charge in [0.2, 0.25) is 0 Å². The van der Waals surface area contributed by atoms with Gasteiger partial charge < -0.3 is 9.30 Å². The molecule has 0 bridgehead atoms. The van der Waals surface area contributed by atoms with E-state index in [2.05, 4.69) is 59.3 Å². The van der Waals surface area contributed by atoms with Gasteiger partial charge in [0, 0.05) is 6.54 Å². The molecule has 26 heavy (non-hydrogen) atoms. The third-order valence-electron chi connectivity index (χ3n) is 4.21. The van der Waals surface area contributed by atoms with Gasteiger partial charge in [0.1, 0.15) is 5.75 Å². The van der Waals surface area contributed by atoms with Crippen LogP contribution >= 0.6 is 23.7 Å². The lowest BCUT2D eigenvalue weighted by molar-refractivity contribution is 0.303. The molecule has 0 saturated heterocycles. The van der Waals surface area contributed by atoms with Crippen molar-refractivity contribution in [2.24, 2.45) is 0 Å². The van der Waals surface area contributed by atoms with E-state index in [0.29, 0.717) is 6.61 Å². The lowest BCUT2D eigenvalue weighted by Gasteiger charge is -2.10. The quantitative estimate of drug-likeness (QED) is 0.383. The lowest BCUT2D eigenvalue weighted by Crippen LogP contribution is -2.05. The molecular weight excluding hydrogens is 364 g/mol. The number of hydrogen-bond donors (Lipinski definition) is 0. The Kier molecular flexibility index (Phi) is 5.96. The lowest BCUT2D eigenvalue weighted by atomic mass is 10.2. The average molecular weight is 385 g/mol. The van der Waals surface area contributed by atoms with Crippen LogP contribution in [0.25, 0.3) is 21.7 Å². The predicted octanol–water partition coefficient (Wildman–Crippen LogP) is 5.96. The maximum Gasteiger partial charge on any atom is 0.151 e. The molecule has 0 amide bonds. The second-order valence-electron chi connectivity index (χ2n) is 6.07. The van der Waals surface area contributed by atoms with Crippen LogP contribution in [0.2, 0.25) is 0 Å². The SMILES string of the molecule is Cc1ccc(OCCCn2c(-c3cccs3)nc3ccccc32)cc1.Cl. The van der Waals surface area contributed by atoms with E-state index < -0.39 is 0 Å². The fourth-order valence-corrected chi connectivity index (χ4v) is 3.67. The normalized spacial score (nSPS) is 10.7. The maximum absolute atomic E-state index is 5.87. The zero-order valence-corrected chi connectivity index (χ0v) is 16.2. The van der Waals surface area contributed by atoms with Crippen molar-refractivity contribution in [3.8, 4) is 16.5 Å². The topological polar surface area (TPSA) is 27.1 Å². The molecule has 0 aliphatic rings. The Morgan fingerprint density at radius 1 is 1.00 bits per heavy atom. The summed E-state index contributed by atoms with van der Waals surface area (Å²) in [5.74, 6) is 1.98. The van der Waals surface area contributed by atoms with Crippen LogP contribution in [0.1, 0.15) is 12.0 Å². The monoisotopic (exact) mass is 384 g/mol. The molecule has 3 nitrogen and oxygen atoms in total. The van der Waals surface area contributed by atoms with E-state index in [0.717, 1.165) is 30.1 Å². The number of rotatable bonds is 6. The Morgan fingerprint density at radius 2 is 1.81 bits per heavy atom. The first-order valence-electron chi connectivity index (χ1n) is 8.50. The molecule has 0 fully saturated rings. The van der Waals surface area contributed by atoms with Gasteiger partial charge in [-0.05, 0) is 49.1 Å². The molecular formula is C21H21ClN2OS. The van der Waals surface area contributed by atoms with Crippen molar-refractivity contribution >= 4 is 34.8 Å². The molecule has 0 N–H and O–H groups in total. The first-order chi connectivity index (χ1) is 12.3. The number of fused-ring (bicyclic) bond motifs is 1. The number of thiophene rings is 1. The average Bonchev–Trinajstić information content (AvgIpc) is 3.28. The minimum Gasteiger partial charge on any atom is -0.494 e. The minimum absolute atomic E-state index is 0. The zero-order chi connectivity index (χ0) is 17.1. The summed E-state index contributed by atoms with van der Waals surface area (Å²) >= 11 is 1.73. The maximum atomic E-state index is 5.87. The van der Waals surface area contributed by atoms with Gasteiger partial charge in [0.15, 0.2) is 5.82 Å². The van der Waals surface area contributed by atoms with Crippen molar-refractivity contribution in [1.82, 2.24) is 9.55 Å². The standard InChI is InChI=1S/C21H20N2OS.ClH/c1-16-9-11-17(12-10-16)24-14-5-13-23-19-7-3-2-6-18(19)22-21(23)20-8-4-15-25-20;/h2-4,6-12,15H,5,13-14H2,1H3;1H. The van der Waals surface area contributed by atoms with Crippen molar-refractivity contribution in [2.45, 2.75) is 19.9 Å². The second kappa shape index (κ2) is 8.39. The summed E-state index contributed by atoms with van der Waals surface area (Å²) in [6, 6.07) is 20.7. The first-order valence-corrected chi connectivity index (χ1v) is 9.38.